The lowest BCUT2D eigenvalue weighted by Gasteiger charge is -2.17. The molecule has 0 heterocycles. The second-order valence-corrected chi connectivity index (χ2v) is 3.62. The summed E-state index contributed by atoms with van der Waals surface area (Å²) < 4.78 is 4.76. The fraction of sp³-hybridized carbons (Fsp3) is 0.875. The van der Waals surface area contributed by atoms with Gasteiger partial charge in [0.05, 0.1) is 6.54 Å². The van der Waals surface area contributed by atoms with Crippen molar-refractivity contribution in [2.24, 2.45) is 5.73 Å². The number of hydrogen-bond donors (Lipinski definition) is 3. The number of carbonyl (C=O) groups excluding carboxylic acids is 1. The molecule has 4 N–H and O–H groups in total. The van der Waals surface area contributed by atoms with Crippen LogP contribution in [0.4, 0.5) is 0 Å². The van der Waals surface area contributed by atoms with Crippen LogP contribution in [0.2, 0.25) is 0 Å². The number of esters is 1. The Morgan fingerprint density at radius 3 is 2.69 bits per heavy atom. The number of hydroxylamine groups is 1. The number of ether oxygens (including phenoxy) is 1. The van der Waals surface area contributed by atoms with Crippen LogP contribution < -0.4 is 11.2 Å². The average molecular weight is 190 g/mol. The molecule has 0 rings (SSSR count). The Balaban J connectivity index is 3.41. The van der Waals surface area contributed by atoms with Gasteiger partial charge < -0.3 is 15.7 Å². The Morgan fingerprint density at radius 1 is 1.62 bits per heavy atom. The molecular weight excluding hydrogens is 172 g/mol. The lowest BCUT2D eigenvalue weighted by atomic mass is 10.0. The molecule has 0 aliphatic heterocycles. The smallest absolute Gasteiger partial charge is 0.305 e. The van der Waals surface area contributed by atoms with Crippen LogP contribution in [0, 0.1) is 0 Å². The maximum absolute atomic E-state index is 11.0. The van der Waals surface area contributed by atoms with Gasteiger partial charge in [-0.2, -0.15) is 0 Å². The molecule has 0 amide bonds. The zero-order chi connectivity index (χ0) is 10.3. The normalized spacial score (nSPS) is 11.4. The lowest BCUT2D eigenvalue weighted by molar-refractivity contribution is -0.144. The molecule has 0 saturated heterocycles. The van der Waals surface area contributed by atoms with Crippen molar-refractivity contribution in [1.82, 2.24) is 5.48 Å². The molecule has 0 unspecified atom stereocenters. The second kappa shape index (κ2) is 5.90. The summed E-state index contributed by atoms with van der Waals surface area (Å²) in [4.78, 5) is 11.0. The van der Waals surface area contributed by atoms with Crippen LogP contribution in [0.5, 0.6) is 0 Å². The van der Waals surface area contributed by atoms with Crippen molar-refractivity contribution in [2.75, 3.05) is 13.2 Å². The number of nitrogens with one attached hydrogen (secondary N) is 1. The quantitative estimate of drug-likeness (QED) is 0.312. The van der Waals surface area contributed by atoms with Crippen molar-refractivity contribution in [1.29, 1.82) is 0 Å². The minimum Gasteiger partial charge on any atom is -0.464 e. The van der Waals surface area contributed by atoms with E-state index in [1.807, 2.05) is 19.3 Å². The summed E-state index contributed by atoms with van der Waals surface area (Å²) in [5.41, 5.74) is 7.23. The van der Waals surface area contributed by atoms with Crippen LogP contribution in [0.25, 0.3) is 0 Å². The average Bonchev–Trinajstić information content (AvgIpc) is 2.00. The first-order valence-electron chi connectivity index (χ1n) is 4.27. The predicted molar refractivity (Wildman–Crippen MR) is 48.2 cm³/mol. The molecule has 0 aromatic heterocycles. The summed E-state index contributed by atoms with van der Waals surface area (Å²) >= 11 is 0. The van der Waals surface area contributed by atoms with Crippen LogP contribution >= 0.6 is 0 Å². The van der Waals surface area contributed by atoms with Gasteiger partial charge in [0.15, 0.2) is 0 Å². The third kappa shape index (κ3) is 9.26. The molecule has 0 bridgehead atoms. The van der Waals surface area contributed by atoms with Crippen molar-refractivity contribution < 1.29 is 14.7 Å². The van der Waals surface area contributed by atoms with Gasteiger partial charge >= 0.3 is 5.97 Å². The molecule has 0 aliphatic rings. The molecule has 13 heavy (non-hydrogen) atoms. The summed E-state index contributed by atoms with van der Waals surface area (Å²) in [6, 6.07) is 0. The molecule has 78 valence electrons. The summed E-state index contributed by atoms with van der Waals surface area (Å²) in [7, 11) is 0. The molecule has 0 atom stereocenters. The highest BCUT2D eigenvalue weighted by Crippen LogP contribution is 2.07. The van der Waals surface area contributed by atoms with E-state index in [4.69, 9.17) is 15.7 Å². The summed E-state index contributed by atoms with van der Waals surface area (Å²) in [5, 5.41) is 8.18. The lowest BCUT2D eigenvalue weighted by Crippen LogP contribution is -2.32. The predicted octanol–water partition coefficient (Wildman–Crippen LogP) is 0.0259. The highest BCUT2D eigenvalue weighted by atomic mass is 16.5. The molecule has 5 heteroatoms. The van der Waals surface area contributed by atoms with E-state index >= 15 is 0 Å². The molecule has 0 spiro atoms. The van der Waals surface area contributed by atoms with Crippen molar-refractivity contribution in [3.05, 3.63) is 0 Å². The first-order chi connectivity index (χ1) is 5.95. The van der Waals surface area contributed by atoms with E-state index in [0.29, 0.717) is 12.8 Å². The van der Waals surface area contributed by atoms with Gasteiger partial charge in [-0.15, -0.1) is 0 Å². The molecule has 0 fully saturated rings. The van der Waals surface area contributed by atoms with Crippen LogP contribution in [0.15, 0.2) is 0 Å². The molecule has 0 aromatic rings. The monoisotopic (exact) mass is 190 g/mol. The van der Waals surface area contributed by atoms with Crippen molar-refractivity contribution in [3.63, 3.8) is 0 Å². The molecular formula is C8H18N2O3. The molecule has 0 radical (unpaired) electrons. The number of rotatable bonds is 6. The zero-order valence-electron chi connectivity index (χ0n) is 8.17. The highest BCUT2D eigenvalue weighted by molar-refractivity contribution is 5.69. The van der Waals surface area contributed by atoms with Crippen molar-refractivity contribution >= 4 is 5.97 Å². The molecule has 5 nitrogen and oxygen atoms in total. The van der Waals surface area contributed by atoms with E-state index < -0.39 is 0 Å². The fourth-order valence-corrected chi connectivity index (χ4v) is 0.707. The first-order valence-corrected chi connectivity index (χ1v) is 4.27. The van der Waals surface area contributed by atoms with E-state index in [2.05, 4.69) is 0 Å². The third-order valence-electron chi connectivity index (χ3n) is 1.45. The topological polar surface area (TPSA) is 84.6 Å². The fourth-order valence-electron chi connectivity index (χ4n) is 0.707. The first kappa shape index (κ1) is 12.3. The van der Waals surface area contributed by atoms with Crippen molar-refractivity contribution in [2.45, 2.75) is 32.2 Å². The number of carbonyl (C=O) groups is 1. The number of nitrogens with two attached hydrogens (primary N) is 1. The Hall–Kier alpha value is -0.650. The van der Waals surface area contributed by atoms with Gasteiger partial charge in [-0.25, -0.2) is 5.48 Å². The highest BCUT2D eigenvalue weighted by Gasteiger charge is 2.13. The Morgan fingerprint density at radius 2 is 2.23 bits per heavy atom. The van der Waals surface area contributed by atoms with E-state index in [9.17, 15) is 4.79 Å². The van der Waals surface area contributed by atoms with Crippen LogP contribution in [0.1, 0.15) is 26.7 Å². The minimum absolute atomic E-state index is 0.181. The van der Waals surface area contributed by atoms with E-state index in [1.165, 1.54) is 0 Å². The van der Waals surface area contributed by atoms with E-state index in [1.54, 1.807) is 0 Å². The van der Waals surface area contributed by atoms with Gasteiger partial charge in [-0.3, -0.25) is 4.79 Å². The van der Waals surface area contributed by atoms with Gasteiger partial charge in [0, 0.05) is 12.0 Å². The SMILES string of the molecule is CC(C)(N)CCC(=O)OCCNO. The van der Waals surface area contributed by atoms with Gasteiger partial charge in [0.2, 0.25) is 0 Å². The zero-order valence-corrected chi connectivity index (χ0v) is 8.17. The molecule has 0 aliphatic carbocycles. The van der Waals surface area contributed by atoms with Gasteiger partial charge in [-0.05, 0) is 20.3 Å². The maximum atomic E-state index is 11.0. The second-order valence-electron chi connectivity index (χ2n) is 3.62. The summed E-state index contributed by atoms with van der Waals surface area (Å²) in [6.45, 7) is 4.14. The number of hydrogen-bond acceptors (Lipinski definition) is 5. The van der Waals surface area contributed by atoms with Crippen molar-refractivity contribution in [3.8, 4) is 0 Å². The third-order valence-corrected chi connectivity index (χ3v) is 1.45. The van der Waals surface area contributed by atoms with Gasteiger partial charge in [0.25, 0.3) is 0 Å². The maximum Gasteiger partial charge on any atom is 0.305 e. The summed E-state index contributed by atoms with van der Waals surface area (Å²) in [5.74, 6) is -0.284. The van der Waals surface area contributed by atoms with Crippen LogP contribution in [-0.2, 0) is 9.53 Å². The van der Waals surface area contributed by atoms with E-state index in [-0.39, 0.29) is 24.7 Å². The van der Waals surface area contributed by atoms with Gasteiger partial charge in [-0.1, -0.05) is 0 Å². The molecule has 0 saturated carbocycles. The standard InChI is InChI=1S/C8H18N2O3/c1-8(2,9)4-3-7(11)13-6-5-10-12/h10,12H,3-6,9H2,1-2H3. The largest absolute Gasteiger partial charge is 0.464 e. The van der Waals surface area contributed by atoms with Crippen LogP contribution in [0.3, 0.4) is 0 Å². The Labute approximate surface area is 78.2 Å². The Bertz CT molecular complexity index is 154. The van der Waals surface area contributed by atoms with Gasteiger partial charge in [0.1, 0.15) is 6.61 Å². The van der Waals surface area contributed by atoms with Crippen LogP contribution in [-0.4, -0.2) is 29.9 Å². The van der Waals surface area contributed by atoms with E-state index in [0.717, 1.165) is 0 Å². The summed E-state index contributed by atoms with van der Waals surface area (Å²) in [6.07, 6.45) is 0.910. The molecule has 0 aromatic carbocycles. The Kier molecular flexibility index (Phi) is 5.61. The minimum atomic E-state index is -0.339.